The molecule has 0 bridgehead atoms. The zero-order valence-corrected chi connectivity index (χ0v) is 13.2. The Balaban J connectivity index is 1.77. The van der Waals surface area contributed by atoms with Crippen LogP contribution in [-0.4, -0.2) is 22.1 Å². The molecule has 0 saturated heterocycles. The molecule has 0 amide bonds. The summed E-state index contributed by atoms with van der Waals surface area (Å²) >= 11 is 5.28. The molecule has 23 heavy (non-hydrogen) atoms. The molecule has 1 aliphatic heterocycles. The molecule has 7 heteroatoms. The average molecular weight is 336 g/mol. The minimum Gasteiger partial charge on any atom is -0.461 e. The SMILES string of the molecule is CCOC(=O)c1[nH]c(=S)n2c1[C@@H]1C[C@]1(c1cc(F)cc(F)c1)C2. The summed E-state index contributed by atoms with van der Waals surface area (Å²) < 4.78 is 34.5. The fourth-order valence-electron chi connectivity index (χ4n) is 3.73. The van der Waals surface area contributed by atoms with Crippen molar-refractivity contribution in [2.24, 2.45) is 0 Å². The summed E-state index contributed by atoms with van der Waals surface area (Å²) in [6, 6.07) is 3.60. The van der Waals surface area contributed by atoms with Crippen molar-refractivity contribution in [3.8, 4) is 0 Å². The predicted molar refractivity (Wildman–Crippen MR) is 81.0 cm³/mol. The number of nitrogens with zero attached hydrogens (tertiary/aromatic N) is 1. The smallest absolute Gasteiger partial charge is 0.356 e. The second-order valence-electron chi connectivity index (χ2n) is 6.07. The molecule has 0 unspecified atom stereocenters. The predicted octanol–water partition coefficient (Wildman–Crippen LogP) is 3.44. The van der Waals surface area contributed by atoms with Gasteiger partial charge in [-0.15, -0.1) is 0 Å². The first-order valence-corrected chi connectivity index (χ1v) is 7.83. The fraction of sp³-hybridized carbons (Fsp3) is 0.375. The maximum Gasteiger partial charge on any atom is 0.356 e. The van der Waals surface area contributed by atoms with E-state index in [1.807, 2.05) is 4.57 Å². The van der Waals surface area contributed by atoms with Crippen molar-refractivity contribution in [2.45, 2.75) is 31.2 Å². The van der Waals surface area contributed by atoms with Crippen molar-refractivity contribution in [3.63, 3.8) is 0 Å². The van der Waals surface area contributed by atoms with Crippen LogP contribution in [0.3, 0.4) is 0 Å². The molecule has 0 spiro atoms. The molecule has 1 aliphatic carbocycles. The third kappa shape index (κ3) is 1.99. The van der Waals surface area contributed by atoms with Crippen molar-refractivity contribution < 1.29 is 18.3 Å². The Morgan fingerprint density at radius 2 is 2.13 bits per heavy atom. The lowest BCUT2D eigenvalue weighted by Crippen LogP contribution is -2.13. The molecule has 1 aromatic heterocycles. The molecule has 2 aromatic rings. The standard InChI is InChI=1S/C16H14F2N2O2S/c1-2-22-14(21)12-13-11-6-16(11,7-20(13)15(23)19-12)8-3-9(17)5-10(18)4-8/h3-5,11H,2,6-7H2,1H3,(H,19,23)/t11-,16+/m0/s1. The summed E-state index contributed by atoms with van der Waals surface area (Å²) in [4.78, 5) is 15.0. The molecule has 4 rings (SSSR count). The number of nitrogens with one attached hydrogen (secondary N) is 1. The summed E-state index contributed by atoms with van der Waals surface area (Å²) in [6.07, 6.45) is 0.745. The van der Waals surface area contributed by atoms with E-state index in [-0.39, 0.29) is 17.9 Å². The normalized spacial score (nSPS) is 24.2. The van der Waals surface area contributed by atoms with Crippen LogP contribution in [-0.2, 0) is 16.7 Å². The van der Waals surface area contributed by atoms with Gasteiger partial charge in [-0.3, -0.25) is 0 Å². The summed E-state index contributed by atoms with van der Waals surface area (Å²) in [5.41, 5.74) is 1.39. The van der Waals surface area contributed by atoms with Gasteiger partial charge in [-0.25, -0.2) is 13.6 Å². The van der Waals surface area contributed by atoms with E-state index in [0.717, 1.165) is 18.2 Å². The molecule has 1 fully saturated rings. The number of rotatable bonds is 3. The largest absolute Gasteiger partial charge is 0.461 e. The first-order valence-electron chi connectivity index (χ1n) is 7.42. The molecule has 120 valence electrons. The third-order valence-electron chi connectivity index (χ3n) is 4.79. The monoisotopic (exact) mass is 336 g/mol. The lowest BCUT2D eigenvalue weighted by Gasteiger charge is -2.13. The Kier molecular flexibility index (Phi) is 3.00. The molecular formula is C16H14F2N2O2S. The molecule has 2 atom stereocenters. The van der Waals surface area contributed by atoms with E-state index in [4.69, 9.17) is 17.0 Å². The van der Waals surface area contributed by atoms with Crippen molar-refractivity contribution in [2.75, 3.05) is 6.61 Å². The fourth-order valence-corrected chi connectivity index (χ4v) is 4.00. The number of ether oxygens (including phenoxy) is 1. The maximum atomic E-state index is 13.6. The second kappa shape index (κ2) is 4.74. The Bertz CT molecular complexity index is 868. The van der Waals surface area contributed by atoms with E-state index in [2.05, 4.69) is 4.98 Å². The van der Waals surface area contributed by atoms with Gasteiger partial charge in [0.2, 0.25) is 0 Å². The zero-order valence-electron chi connectivity index (χ0n) is 12.4. The Hall–Kier alpha value is -2.02. The highest BCUT2D eigenvalue weighted by molar-refractivity contribution is 7.71. The van der Waals surface area contributed by atoms with Gasteiger partial charge in [0.05, 0.1) is 12.3 Å². The topological polar surface area (TPSA) is 47.0 Å². The number of imidazole rings is 1. The Labute approximate surface area is 136 Å². The van der Waals surface area contributed by atoms with Gasteiger partial charge in [0, 0.05) is 23.9 Å². The number of fused-ring (bicyclic) bond motifs is 3. The van der Waals surface area contributed by atoms with Gasteiger partial charge >= 0.3 is 5.97 Å². The first-order chi connectivity index (χ1) is 11.0. The van der Waals surface area contributed by atoms with Gasteiger partial charge in [0.1, 0.15) is 17.3 Å². The van der Waals surface area contributed by atoms with Gasteiger partial charge in [-0.1, -0.05) is 0 Å². The van der Waals surface area contributed by atoms with Crippen LogP contribution in [0.4, 0.5) is 8.78 Å². The summed E-state index contributed by atoms with van der Waals surface area (Å²) in [6.45, 7) is 2.53. The van der Waals surface area contributed by atoms with Crippen LogP contribution in [0, 0.1) is 16.4 Å². The quantitative estimate of drug-likeness (QED) is 0.690. The molecule has 1 N–H and O–H groups in total. The van der Waals surface area contributed by atoms with E-state index in [1.165, 1.54) is 12.1 Å². The minimum absolute atomic E-state index is 0.0241. The number of benzene rings is 1. The van der Waals surface area contributed by atoms with E-state index >= 15 is 0 Å². The lowest BCUT2D eigenvalue weighted by molar-refractivity contribution is 0.0518. The molecule has 2 heterocycles. The number of carbonyl (C=O) groups excluding carboxylic acids is 1. The number of aromatic nitrogens is 2. The second-order valence-corrected chi connectivity index (χ2v) is 6.45. The Morgan fingerprint density at radius 1 is 1.43 bits per heavy atom. The average Bonchev–Trinajstić information content (AvgIpc) is 2.97. The molecule has 4 nitrogen and oxygen atoms in total. The first kappa shape index (κ1) is 14.6. The van der Waals surface area contributed by atoms with Crippen molar-refractivity contribution in [1.29, 1.82) is 0 Å². The highest BCUT2D eigenvalue weighted by Crippen LogP contribution is 2.66. The van der Waals surface area contributed by atoms with Crippen LogP contribution >= 0.6 is 12.2 Å². The highest BCUT2D eigenvalue weighted by Gasteiger charge is 2.63. The number of aromatic amines is 1. The Morgan fingerprint density at radius 3 is 2.78 bits per heavy atom. The van der Waals surface area contributed by atoms with E-state index in [9.17, 15) is 13.6 Å². The van der Waals surface area contributed by atoms with Gasteiger partial charge in [-0.2, -0.15) is 0 Å². The number of hydrogen-bond acceptors (Lipinski definition) is 3. The van der Waals surface area contributed by atoms with E-state index < -0.39 is 17.6 Å². The number of halogens is 2. The maximum absolute atomic E-state index is 13.6. The van der Waals surface area contributed by atoms with Crippen LogP contribution in [0.5, 0.6) is 0 Å². The van der Waals surface area contributed by atoms with E-state index in [0.29, 0.717) is 22.6 Å². The highest BCUT2D eigenvalue weighted by atomic mass is 32.1. The third-order valence-corrected chi connectivity index (χ3v) is 5.11. The van der Waals surface area contributed by atoms with Crippen LogP contribution in [0.25, 0.3) is 0 Å². The molecule has 0 radical (unpaired) electrons. The summed E-state index contributed by atoms with van der Waals surface area (Å²) in [7, 11) is 0. The number of carbonyl (C=O) groups is 1. The summed E-state index contributed by atoms with van der Waals surface area (Å²) in [5, 5.41) is 0. The number of esters is 1. The molecule has 1 aromatic carbocycles. The van der Waals surface area contributed by atoms with Crippen molar-refractivity contribution >= 4 is 18.2 Å². The van der Waals surface area contributed by atoms with Gasteiger partial charge in [0.15, 0.2) is 4.77 Å². The molecule has 2 aliphatic rings. The van der Waals surface area contributed by atoms with Crippen LogP contribution < -0.4 is 0 Å². The molecule has 1 saturated carbocycles. The number of hydrogen-bond donors (Lipinski definition) is 1. The molecular weight excluding hydrogens is 322 g/mol. The summed E-state index contributed by atoms with van der Waals surface area (Å²) in [5.74, 6) is -1.60. The van der Waals surface area contributed by atoms with Crippen LogP contribution in [0.1, 0.15) is 41.0 Å². The zero-order chi connectivity index (χ0) is 16.4. The van der Waals surface area contributed by atoms with Crippen molar-refractivity contribution in [3.05, 3.63) is 51.6 Å². The van der Waals surface area contributed by atoms with Crippen LogP contribution in [0.2, 0.25) is 0 Å². The van der Waals surface area contributed by atoms with Gasteiger partial charge in [0.25, 0.3) is 0 Å². The minimum atomic E-state index is -0.590. The lowest BCUT2D eigenvalue weighted by atomic mass is 9.94. The van der Waals surface area contributed by atoms with Gasteiger partial charge < -0.3 is 14.3 Å². The van der Waals surface area contributed by atoms with Crippen molar-refractivity contribution in [1.82, 2.24) is 9.55 Å². The van der Waals surface area contributed by atoms with Gasteiger partial charge in [-0.05, 0) is 43.3 Å². The van der Waals surface area contributed by atoms with E-state index in [1.54, 1.807) is 6.92 Å². The van der Waals surface area contributed by atoms with Crippen LogP contribution in [0.15, 0.2) is 18.2 Å². The number of H-pyrrole nitrogens is 1.